The maximum Gasteiger partial charge on any atom is 0.330 e. The summed E-state index contributed by atoms with van der Waals surface area (Å²) in [6, 6.07) is 7.98. The lowest BCUT2D eigenvalue weighted by molar-refractivity contribution is -0.118. The molecule has 3 amide bonds. The molecule has 0 bridgehead atoms. The van der Waals surface area contributed by atoms with Crippen molar-refractivity contribution in [1.82, 2.24) is 14.9 Å². The SMILES string of the molecule is CCCCn1c(N)c(N(CC)CC(=O)NC(=O)Nc2ccccc2)c(=O)[nH]c1=O. The molecule has 2 rings (SSSR count). The van der Waals surface area contributed by atoms with Crippen molar-refractivity contribution in [2.45, 2.75) is 33.2 Å². The van der Waals surface area contributed by atoms with Gasteiger partial charge in [-0.25, -0.2) is 9.59 Å². The molecule has 10 nitrogen and oxygen atoms in total. The molecule has 0 atom stereocenters. The van der Waals surface area contributed by atoms with Gasteiger partial charge in [-0.1, -0.05) is 31.5 Å². The van der Waals surface area contributed by atoms with Crippen LogP contribution in [0.15, 0.2) is 39.9 Å². The first-order valence-electron chi connectivity index (χ1n) is 9.40. The third-order valence-electron chi connectivity index (χ3n) is 4.27. The van der Waals surface area contributed by atoms with E-state index in [-0.39, 0.29) is 24.6 Å². The van der Waals surface area contributed by atoms with Gasteiger partial charge in [-0.15, -0.1) is 0 Å². The maximum absolute atomic E-state index is 12.3. The van der Waals surface area contributed by atoms with Gasteiger partial charge in [0.1, 0.15) is 11.5 Å². The van der Waals surface area contributed by atoms with Crippen LogP contribution in [-0.4, -0.2) is 34.6 Å². The highest BCUT2D eigenvalue weighted by Gasteiger charge is 2.20. The molecule has 1 aromatic carbocycles. The number of rotatable bonds is 8. The Bertz CT molecular complexity index is 967. The van der Waals surface area contributed by atoms with E-state index in [0.29, 0.717) is 18.7 Å². The van der Waals surface area contributed by atoms with Crippen molar-refractivity contribution in [2.24, 2.45) is 0 Å². The molecule has 1 aromatic heterocycles. The van der Waals surface area contributed by atoms with E-state index in [1.54, 1.807) is 37.3 Å². The van der Waals surface area contributed by atoms with Crippen LogP contribution in [0.1, 0.15) is 26.7 Å². The molecule has 0 saturated heterocycles. The van der Waals surface area contributed by atoms with E-state index >= 15 is 0 Å². The lowest BCUT2D eigenvalue weighted by atomic mass is 10.3. The Kier molecular flexibility index (Phi) is 7.58. The van der Waals surface area contributed by atoms with Crippen LogP contribution in [0.2, 0.25) is 0 Å². The number of H-pyrrole nitrogens is 1. The number of carbonyl (C=O) groups is 2. The number of carbonyl (C=O) groups excluding carboxylic acids is 2. The first-order chi connectivity index (χ1) is 13.9. The van der Waals surface area contributed by atoms with Crippen LogP contribution >= 0.6 is 0 Å². The van der Waals surface area contributed by atoms with Gasteiger partial charge in [-0.2, -0.15) is 0 Å². The van der Waals surface area contributed by atoms with E-state index in [4.69, 9.17) is 5.73 Å². The standard InChI is InChI=1S/C19H26N6O4/c1-3-5-11-25-16(20)15(17(27)23-19(25)29)24(4-2)12-14(26)22-18(28)21-13-9-7-6-8-10-13/h6-10H,3-5,11-12,20H2,1-2H3,(H,23,27,29)(H2,21,22,26,28). The number of hydrogen-bond acceptors (Lipinski definition) is 6. The van der Waals surface area contributed by atoms with E-state index in [1.807, 2.05) is 6.92 Å². The number of unbranched alkanes of at least 4 members (excludes halogenated alkanes) is 1. The van der Waals surface area contributed by atoms with Crippen molar-refractivity contribution in [3.63, 3.8) is 0 Å². The summed E-state index contributed by atoms with van der Waals surface area (Å²) in [6.45, 7) is 4.05. The predicted octanol–water partition coefficient (Wildman–Crippen LogP) is 1.09. The fourth-order valence-corrected chi connectivity index (χ4v) is 2.79. The Morgan fingerprint density at radius 2 is 1.86 bits per heavy atom. The van der Waals surface area contributed by atoms with E-state index in [9.17, 15) is 19.2 Å². The molecule has 0 unspecified atom stereocenters. The minimum Gasteiger partial charge on any atom is -0.383 e. The first-order valence-corrected chi connectivity index (χ1v) is 9.40. The molecule has 0 spiro atoms. The molecule has 0 radical (unpaired) electrons. The zero-order valence-electron chi connectivity index (χ0n) is 16.5. The molecule has 0 aliphatic rings. The number of para-hydroxylation sites is 1. The molecule has 0 aliphatic carbocycles. The van der Waals surface area contributed by atoms with Gasteiger partial charge in [0.05, 0.1) is 6.54 Å². The van der Waals surface area contributed by atoms with Crippen molar-refractivity contribution >= 4 is 29.1 Å². The van der Waals surface area contributed by atoms with Crippen molar-refractivity contribution in [1.29, 1.82) is 0 Å². The summed E-state index contributed by atoms with van der Waals surface area (Å²) in [5.41, 5.74) is 5.37. The summed E-state index contributed by atoms with van der Waals surface area (Å²) in [6.07, 6.45) is 1.55. The number of imide groups is 1. The van der Waals surface area contributed by atoms with Gasteiger partial charge in [0.2, 0.25) is 5.91 Å². The number of amides is 3. The number of nitrogens with two attached hydrogens (primary N) is 1. The zero-order valence-corrected chi connectivity index (χ0v) is 16.5. The molecule has 0 saturated carbocycles. The minimum atomic E-state index is -0.688. The van der Waals surface area contributed by atoms with E-state index in [0.717, 1.165) is 6.42 Å². The van der Waals surface area contributed by atoms with Gasteiger partial charge in [-0.3, -0.25) is 24.5 Å². The number of nitrogens with zero attached hydrogens (tertiary/aromatic N) is 2. The molecule has 10 heteroatoms. The van der Waals surface area contributed by atoms with Crippen LogP contribution in [0, 0.1) is 0 Å². The number of likely N-dealkylation sites (N-methyl/N-ethyl adjacent to an activating group) is 1. The fraction of sp³-hybridized carbons (Fsp3) is 0.368. The van der Waals surface area contributed by atoms with Gasteiger partial charge in [-0.05, 0) is 25.5 Å². The summed E-state index contributed by atoms with van der Waals surface area (Å²) in [5, 5.41) is 4.75. The molecule has 29 heavy (non-hydrogen) atoms. The number of aromatic amines is 1. The normalized spacial score (nSPS) is 10.4. The molecule has 2 aromatic rings. The number of anilines is 3. The molecule has 5 N–H and O–H groups in total. The highest BCUT2D eigenvalue weighted by Crippen LogP contribution is 2.16. The molecular formula is C19H26N6O4. The molecule has 1 heterocycles. The van der Waals surface area contributed by atoms with Crippen LogP contribution in [0.4, 0.5) is 22.0 Å². The van der Waals surface area contributed by atoms with Gasteiger partial charge < -0.3 is 16.0 Å². The Labute approximate surface area is 167 Å². The zero-order chi connectivity index (χ0) is 21.4. The van der Waals surface area contributed by atoms with Crippen LogP contribution in [0.25, 0.3) is 0 Å². The van der Waals surface area contributed by atoms with Crippen LogP contribution < -0.4 is 32.5 Å². The van der Waals surface area contributed by atoms with Crippen molar-refractivity contribution in [2.75, 3.05) is 29.0 Å². The van der Waals surface area contributed by atoms with Crippen molar-refractivity contribution in [3.8, 4) is 0 Å². The highest BCUT2D eigenvalue weighted by atomic mass is 16.2. The minimum absolute atomic E-state index is 0.00409. The highest BCUT2D eigenvalue weighted by molar-refractivity contribution is 6.02. The first kappa shape index (κ1) is 21.7. The van der Waals surface area contributed by atoms with Gasteiger partial charge >= 0.3 is 11.7 Å². The van der Waals surface area contributed by atoms with E-state index in [1.165, 1.54) is 9.47 Å². The van der Waals surface area contributed by atoms with Crippen molar-refractivity contribution < 1.29 is 9.59 Å². The van der Waals surface area contributed by atoms with E-state index in [2.05, 4.69) is 15.6 Å². The third kappa shape index (κ3) is 5.71. The van der Waals surface area contributed by atoms with Gasteiger partial charge in [0, 0.05) is 18.8 Å². The van der Waals surface area contributed by atoms with Crippen LogP contribution in [-0.2, 0) is 11.3 Å². The Morgan fingerprint density at radius 1 is 1.17 bits per heavy atom. The summed E-state index contributed by atoms with van der Waals surface area (Å²) in [4.78, 5) is 52.3. The third-order valence-corrected chi connectivity index (χ3v) is 4.27. The summed E-state index contributed by atoms with van der Waals surface area (Å²) >= 11 is 0. The average Bonchev–Trinajstić information content (AvgIpc) is 2.67. The Morgan fingerprint density at radius 3 is 2.48 bits per heavy atom. The second-order valence-electron chi connectivity index (χ2n) is 6.38. The number of aromatic nitrogens is 2. The number of nitrogens with one attached hydrogen (secondary N) is 3. The number of nitrogen functional groups attached to an aromatic ring is 1. The summed E-state index contributed by atoms with van der Waals surface area (Å²) < 4.78 is 1.28. The summed E-state index contributed by atoms with van der Waals surface area (Å²) in [5.74, 6) is -0.624. The molecular weight excluding hydrogens is 376 g/mol. The lowest BCUT2D eigenvalue weighted by Crippen LogP contribution is -2.45. The smallest absolute Gasteiger partial charge is 0.330 e. The largest absolute Gasteiger partial charge is 0.383 e. The molecule has 0 aliphatic heterocycles. The fourth-order valence-electron chi connectivity index (χ4n) is 2.79. The Hall–Kier alpha value is -3.56. The molecule has 156 valence electrons. The average molecular weight is 402 g/mol. The van der Waals surface area contributed by atoms with Crippen molar-refractivity contribution in [3.05, 3.63) is 51.2 Å². The maximum atomic E-state index is 12.3. The van der Waals surface area contributed by atoms with Gasteiger partial charge in [0.25, 0.3) is 5.56 Å². The number of urea groups is 1. The lowest BCUT2D eigenvalue weighted by Gasteiger charge is -2.24. The molecule has 0 fully saturated rings. The second kappa shape index (κ2) is 10.1. The number of hydrogen-bond donors (Lipinski definition) is 4. The topological polar surface area (TPSA) is 142 Å². The van der Waals surface area contributed by atoms with E-state index < -0.39 is 23.2 Å². The summed E-state index contributed by atoms with van der Waals surface area (Å²) in [7, 11) is 0. The predicted molar refractivity (Wildman–Crippen MR) is 112 cm³/mol. The van der Waals surface area contributed by atoms with Crippen LogP contribution in [0.3, 0.4) is 0 Å². The number of benzene rings is 1. The Balaban J connectivity index is 2.14. The second-order valence-corrected chi connectivity index (χ2v) is 6.38. The van der Waals surface area contributed by atoms with Crippen LogP contribution in [0.5, 0.6) is 0 Å². The van der Waals surface area contributed by atoms with Gasteiger partial charge in [0.15, 0.2) is 0 Å². The quantitative estimate of drug-likeness (QED) is 0.521. The monoisotopic (exact) mass is 402 g/mol.